The molecule has 0 aliphatic carbocycles. The highest BCUT2D eigenvalue weighted by Gasteiger charge is 2.27. The molecular formula is C11H14F3N. The van der Waals surface area contributed by atoms with Crippen LogP contribution in [-0.2, 0) is 0 Å². The smallest absolute Gasteiger partial charge is 0.194 e. The SMILES string of the molecule is CC(C)(C)[C@H](N)c1ccc(F)c(F)c1F. The summed E-state index contributed by atoms with van der Waals surface area (Å²) in [5.74, 6) is -3.86. The van der Waals surface area contributed by atoms with Crippen LogP contribution in [0.25, 0.3) is 0 Å². The van der Waals surface area contributed by atoms with E-state index in [0.717, 1.165) is 6.07 Å². The van der Waals surface area contributed by atoms with Crippen LogP contribution in [0.1, 0.15) is 32.4 Å². The first-order chi connectivity index (χ1) is 6.75. The van der Waals surface area contributed by atoms with Gasteiger partial charge in [0.2, 0.25) is 0 Å². The number of halogens is 3. The Hall–Kier alpha value is -1.03. The molecule has 1 aromatic rings. The van der Waals surface area contributed by atoms with E-state index in [9.17, 15) is 13.2 Å². The van der Waals surface area contributed by atoms with Crippen molar-refractivity contribution in [3.05, 3.63) is 35.1 Å². The minimum absolute atomic E-state index is 0.00130. The van der Waals surface area contributed by atoms with Crippen LogP contribution in [-0.4, -0.2) is 0 Å². The van der Waals surface area contributed by atoms with E-state index in [4.69, 9.17) is 5.73 Å². The van der Waals surface area contributed by atoms with E-state index >= 15 is 0 Å². The average molecular weight is 217 g/mol. The zero-order valence-electron chi connectivity index (χ0n) is 8.94. The molecule has 1 aromatic carbocycles. The highest BCUT2D eigenvalue weighted by Crippen LogP contribution is 2.32. The molecule has 2 N–H and O–H groups in total. The molecule has 0 fully saturated rings. The van der Waals surface area contributed by atoms with Gasteiger partial charge < -0.3 is 5.73 Å². The Morgan fingerprint density at radius 3 is 2.07 bits per heavy atom. The van der Waals surface area contributed by atoms with Crippen molar-refractivity contribution in [3.63, 3.8) is 0 Å². The fraction of sp³-hybridized carbons (Fsp3) is 0.455. The van der Waals surface area contributed by atoms with E-state index in [-0.39, 0.29) is 5.56 Å². The molecule has 15 heavy (non-hydrogen) atoms. The third kappa shape index (κ3) is 2.31. The van der Waals surface area contributed by atoms with Crippen LogP contribution in [0, 0.1) is 22.9 Å². The van der Waals surface area contributed by atoms with Crippen LogP contribution >= 0.6 is 0 Å². The molecule has 0 aromatic heterocycles. The number of hydrogen-bond donors (Lipinski definition) is 1. The molecule has 0 bridgehead atoms. The highest BCUT2D eigenvalue weighted by molar-refractivity contribution is 5.24. The van der Waals surface area contributed by atoms with Gasteiger partial charge in [-0.25, -0.2) is 13.2 Å². The first kappa shape index (κ1) is 12.0. The predicted octanol–water partition coefficient (Wildman–Crippen LogP) is 3.15. The number of rotatable bonds is 1. The lowest BCUT2D eigenvalue weighted by Crippen LogP contribution is -2.27. The van der Waals surface area contributed by atoms with Gasteiger partial charge in [0.25, 0.3) is 0 Å². The Kier molecular flexibility index (Phi) is 3.09. The standard InChI is InChI=1S/C11H14F3N/c1-11(2,3)10(15)6-4-5-7(12)9(14)8(6)13/h4-5,10H,15H2,1-3H3/t10-/m1/s1. The fourth-order valence-corrected chi connectivity index (χ4v) is 1.25. The van der Waals surface area contributed by atoms with Crippen LogP contribution in [0.3, 0.4) is 0 Å². The first-order valence-corrected chi connectivity index (χ1v) is 4.64. The molecule has 1 rings (SSSR count). The van der Waals surface area contributed by atoms with Crippen molar-refractivity contribution in [2.24, 2.45) is 11.1 Å². The Balaban J connectivity index is 3.23. The summed E-state index contributed by atoms with van der Waals surface area (Å²) >= 11 is 0. The summed E-state index contributed by atoms with van der Waals surface area (Å²) in [6.45, 7) is 5.41. The van der Waals surface area contributed by atoms with Gasteiger partial charge in [0.05, 0.1) is 0 Å². The zero-order valence-corrected chi connectivity index (χ0v) is 8.94. The van der Waals surface area contributed by atoms with Gasteiger partial charge in [-0.1, -0.05) is 26.8 Å². The predicted molar refractivity (Wildman–Crippen MR) is 52.7 cm³/mol. The van der Waals surface area contributed by atoms with Gasteiger partial charge in [0, 0.05) is 11.6 Å². The molecule has 0 saturated heterocycles. The van der Waals surface area contributed by atoms with E-state index in [0.29, 0.717) is 0 Å². The largest absolute Gasteiger partial charge is 0.323 e. The summed E-state index contributed by atoms with van der Waals surface area (Å²) < 4.78 is 38.9. The summed E-state index contributed by atoms with van der Waals surface area (Å²) in [6, 6.07) is 1.40. The fourth-order valence-electron chi connectivity index (χ4n) is 1.25. The molecular weight excluding hydrogens is 203 g/mol. The second kappa shape index (κ2) is 3.85. The molecule has 0 spiro atoms. The number of nitrogens with two attached hydrogens (primary N) is 1. The average Bonchev–Trinajstić information content (AvgIpc) is 2.12. The minimum Gasteiger partial charge on any atom is -0.323 e. The van der Waals surface area contributed by atoms with Crippen LogP contribution in [0.15, 0.2) is 12.1 Å². The van der Waals surface area contributed by atoms with Gasteiger partial charge in [0.15, 0.2) is 17.5 Å². The molecule has 0 saturated carbocycles. The summed E-state index contributed by atoms with van der Waals surface area (Å²) in [7, 11) is 0. The van der Waals surface area contributed by atoms with Crippen molar-refractivity contribution in [1.82, 2.24) is 0 Å². The zero-order chi connectivity index (χ0) is 11.8. The third-order valence-corrected chi connectivity index (χ3v) is 2.33. The molecule has 1 atom stereocenters. The summed E-state index contributed by atoms with van der Waals surface area (Å²) in [5, 5.41) is 0. The van der Waals surface area contributed by atoms with Crippen molar-refractivity contribution in [2.45, 2.75) is 26.8 Å². The maximum Gasteiger partial charge on any atom is 0.194 e. The van der Waals surface area contributed by atoms with Crippen molar-refractivity contribution >= 4 is 0 Å². The maximum absolute atomic E-state index is 13.3. The minimum atomic E-state index is -1.47. The maximum atomic E-state index is 13.3. The summed E-state index contributed by atoms with van der Waals surface area (Å²) in [5.41, 5.74) is 5.35. The molecule has 4 heteroatoms. The van der Waals surface area contributed by atoms with E-state index in [1.807, 2.05) is 0 Å². The second-order valence-corrected chi connectivity index (χ2v) is 4.61. The lowest BCUT2D eigenvalue weighted by molar-refractivity contribution is 0.313. The Morgan fingerprint density at radius 1 is 1.07 bits per heavy atom. The Labute approximate surface area is 87.1 Å². The molecule has 0 heterocycles. The second-order valence-electron chi connectivity index (χ2n) is 4.61. The van der Waals surface area contributed by atoms with Crippen molar-refractivity contribution in [1.29, 1.82) is 0 Å². The van der Waals surface area contributed by atoms with Crippen molar-refractivity contribution in [2.75, 3.05) is 0 Å². The Bertz CT molecular complexity index is 369. The normalized spacial score (nSPS) is 14.1. The van der Waals surface area contributed by atoms with Gasteiger partial charge in [-0.2, -0.15) is 0 Å². The van der Waals surface area contributed by atoms with E-state index in [2.05, 4.69) is 0 Å². The van der Waals surface area contributed by atoms with E-state index < -0.39 is 28.9 Å². The molecule has 0 amide bonds. The van der Waals surface area contributed by atoms with Gasteiger partial charge in [-0.15, -0.1) is 0 Å². The van der Waals surface area contributed by atoms with Crippen molar-refractivity contribution < 1.29 is 13.2 Å². The molecule has 0 radical (unpaired) electrons. The lowest BCUT2D eigenvalue weighted by atomic mass is 9.83. The van der Waals surface area contributed by atoms with Gasteiger partial charge in [0.1, 0.15) is 0 Å². The third-order valence-electron chi connectivity index (χ3n) is 2.33. The number of benzene rings is 1. The molecule has 0 aliphatic heterocycles. The van der Waals surface area contributed by atoms with E-state index in [1.165, 1.54) is 6.07 Å². The molecule has 84 valence electrons. The monoisotopic (exact) mass is 217 g/mol. The van der Waals surface area contributed by atoms with Gasteiger partial charge in [-0.3, -0.25) is 0 Å². The van der Waals surface area contributed by atoms with E-state index in [1.54, 1.807) is 20.8 Å². The number of hydrogen-bond acceptors (Lipinski definition) is 1. The van der Waals surface area contributed by atoms with Crippen LogP contribution in [0.5, 0.6) is 0 Å². The first-order valence-electron chi connectivity index (χ1n) is 4.64. The van der Waals surface area contributed by atoms with Crippen LogP contribution in [0.2, 0.25) is 0 Å². The topological polar surface area (TPSA) is 26.0 Å². The van der Waals surface area contributed by atoms with Gasteiger partial charge in [-0.05, 0) is 11.5 Å². The molecule has 0 unspecified atom stereocenters. The van der Waals surface area contributed by atoms with Crippen LogP contribution in [0.4, 0.5) is 13.2 Å². The van der Waals surface area contributed by atoms with Crippen LogP contribution < -0.4 is 5.73 Å². The molecule has 0 aliphatic rings. The van der Waals surface area contributed by atoms with Crippen molar-refractivity contribution in [3.8, 4) is 0 Å². The molecule has 1 nitrogen and oxygen atoms in total. The lowest BCUT2D eigenvalue weighted by Gasteiger charge is -2.27. The summed E-state index contributed by atoms with van der Waals surface area (Å²) in [4.78, 5) is 0. The Morgan fingerprint density at radius 2 is 1.60 bits per heavy atom. The van der Waals surface area contributed by atoms with Gasteiger partial charge >= 0.3 is 0 Å². The quantitative estimate of drug-likeness (QED) is 0.718. The summed E-state index contributed by atoms with van der Waals surface area (Å²) in [6.07, 6.45) is 0. The highest BCUT2D eigenvalue weighted by atomic mass is 19.2.